The fourth-order valence-corrected chi connectivity index (χ4v) is 1.47. The zero-order valence-corrected chi connectivity index (χ0v) is 8.19. The predicted octanol–water partition coefficient (Wildman–Crippen LogP) is 0.392. The molecule has 2 rings (SSSR count). The number of carbonyl (C=O) groups excluding carboxylic acids is 1. The Balaban J connectivity index is 2.46. The number of fused-ring (bicyclic) bond motifs is 1. The minimum absolute atomic E-state index is 0.0995. The minimum Gasteiger partial charge on any atom is -0.336 e. The van der Waals surface area contributed by atoms with Gasteiger partial charge in [0.25, 0.3) is 5.91 Å². The summed E-state index contributed by atoms with van der Waals surface area (Å²) in [5, 5.41) is 2.78. The van der Waals surface area contributed by atoms with E-state index in [1.54, 1.807) is 6.20 Å². The Morgan fingerprint density at radius 1 is 1.57 bits per heavy atom. The van der Waals surface area contributed by atoms with Crippen molar-refractivity contribution in [1.29, 1.82) is 0 Å². The summed E-state index contributed by atoms with van der Waals surface area (Å²) in [6, 6.07) is 0.309. The molecule has 0 aliphatic carbocycles. The van der Waals surface area contributed by atoms with E-state index in [1.165, 1.54) is 6.33 Å². The van der Waals surface area contributed by atoms with Crippen LogP contribution < -0.4 is 10.2 Å². The SMILES string of the molecule is CC(C)N1CNC(=O)c2cncnc21. The number of amides is 1. The van der Waals surface area contributed by atoms with Gasteiger partial charge in [-0.2, -0.15) is 0 Å². The third-order valence-corrected chi connectivity index (χ3v) is 2.24. The monoisotopic (exact) mass is 192 g/mol. The molecule has 0 unspecified atom stereocenters. The van der Waals surface area contributed by atoms with Crippen molar-refractivity contribution in [2.75, 3.05) is 11.6 Å². The highest BCUT2D eigenvalue weighted by Gasteiger charge is 2.25. The van der Waals surface area contributed by atoms with Crippen LogP contribution in [-0.4, -0.2) is 28.6 Å². The molecule has 0 spiro atoms. The Kier molecular flexibility index (Phi) is 2.07. The topological polar surface area (TPSA) is 58.1 Å². The van der Waals surface area contributed by atoms with Gasteiger partial charge in [-0.25, -0.2) is 9.97 Å². The quantitative estimate of drug-likeness (QED) is 0.699. The first kappa shape index (κ1) is 8.93. The fourth-order valence-electron chi connectivity index (χ4n) is 1.47. The highest BCUT2D eigenvalue weighted by atomic mass is 16.2. The molecule has 1 aliphatic rings. The Bertz CT molecular complexity index is 364. The number of carbonyl (C=O) groups is 1. The molecule has 5 heteroatoms. The van der Waals surface area contributed by atoms with Gasteiger partial charge in [-0.15, -0.1) is 0 Å². The lowest BCUT2D eigenvalue weighted by molar-refractivity contribution is 0.0945. The van der Waals surface area contributed by atoms with Crippen molar-refractivity contribution in [1.82, 2.24) is 15.3 Å². The van der Waals surface area contributed by atoms with Gasteiger partial charge in [-0.1, -0.05) is 0 Å². The van der Waals surface area contributed by atoms with Crippen LogP contribution in [0, 0.1) is 0 Å². The van der Waals surface area contributed by atoms with Gasteiger partial charge in [0, 0.05) is 12.2 Å². The smallest absolute Gasteiger partial charge is 0.258 e. The maximum atomic E-state index is 11.4. The third kappa shape index (κ3) is 1.30. The second-order valence-corrected chi connectivity index (χ2v) is 3.49. The standard InChI is InChI=1S/C9H12N4O/c1-6(2)13-5-12-9(14)7-3-10-4-11-8(7)13/h3-4,6H,5H2,1-2H3,(H,12,14). The van der Waals surface area contributed by atoms with E-state index in [2.05, 4.69) is 29.1 Å². The second kappa shape index (κ2) is 3.25. The highest BCUT2D eigenvalue weighted by molar-refractivity contribution is 6.00. The predicted molar refractivity (Wildman–Crippen MR) is 52.0 cm³/mol. The summed E-state index contributed by atoms with van der Waals surface area (Å²) in [6.07, 6.45) is 3.01. The van der Waals surface area contributed by atoms with Crippen LogP contribution in [0.15, 0.2) is 12.5 Å². The molecule has 0 radical (unpaired) electrons. The maximum absolute atomic E-state index is 11.4. The second-order valence-electron chi connectivity index (χ2n) is 3.49. The number of hydrogen-bond acceptors (Lipinski definition) is 4. The lowest BCUT2D eigenvalue weighted by Crippen LogP contribution is -2.47. The average molecular weight is 192 g/mol. The highest BCUT2D eigenvalue weighted by Crippen LogP contribution is 2.20. The summed E-state index contributed by atoms with van der Waals surface area (Å²) >= 11 is 0. The van der Waals surface area contributed by atoms with Crippen molar-refractivity contribution in [3.8, 4) is 0 Å². The van der Waals surface area contributed by atoms with E-state index in [0.717, 1.165) is 5.82 Å². The lowest BCUT2D eigenvalue weighted by atomic mass is 10.2. The Hall–Kier alpha value is -1.65. The van der Waals surface area contributed by atoms with Crippen molar-refractivity contribution in [2.24, 2.45) is 0 Å². The van der Waals surface area contributed by atoms with Gasteiger partial charge in [0.2, 0.25) is 0 Å². The summed E-state index contributed by atoms with van der Waals surface area (Å²) in [4.78, 5) is 21.4. The lowest BCUT2D eigenvalue weighted by Gasteiger charge is -2.32. The minimum atomic E-state index is -0.0995. The van der Waals surface area contributed by atoms with E-state index < -0.39 is 0 Å². The van der Waals surface area contributed by atoms with E-state index in [9.17, 15) is 4.79 Å². The van der Waals surface area contributed by atoms with E-state index in [0.29, 0.717) is 18.3 Å². The molecule has 0 atom stereocenters. The molecule has 0 aromatic carbocycles. The molecule has 2 heterocycles. The summed E-state index contributed by atoms with van der Waals surface area (Å²) in [6.45, 7) is 4.63. The van der Waals surface area contributed by atoms with Crippen LogP contribution in [0.4, 0.5) is 5.82 Å². The molecule has 1 aromatic heterocycles. The molecule has 1 aromatic rings. The fraction of sp³-hybridized carbons (Fsp3) is 0.444. The van der Waals surface area contributed by atoms with Gasteiger partial charge in [-0.05, 0) is 13.8 Å². The molecule has 74 valence electrons. The first-order chi connectivity index (χ1) is 6.70. The first-order valence-corrected chi connectivity index (χ1v) is 4.55. The van der Waals surface area contributed by atoms with Gasteiger partial charge in [0.05, 0.1) is 6.67 Å². The van der Waals surface area contributed by atoms with Crippen LogP contribution in [0.3, 0.4) is 0 Å². The Labute approximate surface area is 82.2 Å². The van der Waals surface area contributed by atoms with Gasteiger partial charge in [0.1, 0.15) is 17.7 Å². The molecule has 0 saturated carbocycles. The number of aromatic nitrogens is 2. The molecule has 0 bridgehead atoms. The molecule has 14 heavy (non-hydrogen) atoms. The van der Waals surface area contributed by atoms with Crippen LogP contribution in [0.25, 0.3) is 0 Å². The van der Waals surface area contributed by atoms with Gasteiger partial charge in [0.15, 0.2) is 0 Å². The van der Waals surface area contributed by atoms with Crippen LogP contribution in [0.2, 0.25) is 0 Å². The zero-order chi connectivity index (χ0) is 10.1. The van der Waals surface area contributed by atoms with Crippen molar-refractivity contribution >= 4 is 11.7 Å². The average Bonchev–Trinajstić information content (AvgIpc) is 2.18. The van der Waals surface area contributed by atoms with E-state index in [1.807, 2.05) is 4.90 Å². The molecular formula is C9H12N4O. The molecule has 0 fully saturated rings. The van der Waals surface area contributed by atoms with Crippen molar-refractivity contribution in [2.45, 2.75) is 19.9 Å². The van der Waals surface area contributed by atoms with Gasteiger partial charge in [-0.3, -0.25) is 4.79 Å². The molecule has 1 N–H and O–H groups in total. The molecular weight excluding hydrogens is 180 g/mol. The van der Waals surface area contributed by atoms with Crippen LogP contribution in [-0.2, 0) is 0 Å². The van der Waals surface area contributed by atoms with Crippen molar-refractivity contribution < 1.29 is 4.79 Å². The molecule has 0 saturated heterocycles. The summed E-state index contributed by atoms with van der Waals surface area (Å²) in [5.74, 6) is 0.622. The van der Waals surface area contributed by atoms with E-state index >= 15 is 0 Å². The molecule has 1 amide bonds. The number of anilines is 1. The zero-order valence-electron chi connectivity index (χ0n) is 8.19. The normalized spacial score (nSPS) is 15.4. The van der Waals surface area contributed by atoms with Gasteiger partial charge < -0.3 is 10.2 Å². The largest absolute Gasteiger partial charge is 0.336 e. The van der Waals surface area contributed by atoms with Crippen molar-refractivity contribution in [3.05, 3.63) is 18.1 Å². The number of nitrogens with one attached hydrogen (secondary N) is 1. The number of hydrogen-bond donors (Lipinski definition) is 1. The van der Waals surface area contributed by atoms with E-state index in [-0.39, 0.29) is 5.91 Å². The molecule has 5 nitrogen and oxygen atoms in total. The summed E-state index contributed by atoms with van der Waals surface area (Å²) in [7, 11) is 0. The van der Waals surface area contributed by atoms with Gasteiger partial charge >= 0.3 is 0 Å². The van der Waals surface area contributed by atoms with E-state index in [4.69, 9.17) is 0 Å². The number of rotatable bonds is 1. The van der Waals surface area contributed by atoms with Crippen LogP contribution >= 0.6 is 0 Å². The first-order valence-electron chi connectivity index (χ1n) is 4.55. The van der Waals surface area contributed by atoms with Crippen LogP contribution in [0.1, 0.15) is 24.2 Å². The Morgan fingerprint density at radius 3 is 3.07 bits per heavy atom. The van der Waals surface area contributed by atoms with Crippen molar-refractivity contribution in [3.63, 3.8) is 0 Å². The maximum Gasteiger partial charge on any atom is 0.258 e. The summed E-state index contributed by atoms with van der Waals surface area (Å²) < 4.78 is 0. The van der Waals surface area contributed by atoms with Crippen LogP contribution in [0.5, 0.6) is 0 Å². The number of nitrogens with zero attached hydrogens (tertiary/aromatic N) is 3. The molecule has 1 aliphatic heterocycles. The Morgan fingerprint density at radius 2 is 2.36 bits per heavy atom. The summed E-state index contributed by atoms with van der Waals surface area (Å²) in [5.41, 5.74) is 0.549. The third-order valence-electron chi connectivity index (χ3n) is 2.24.